The van der Waals surface area contributed by atoms with Crippen molar-refractivity contribution in [3.05, 3.63) is 34.4 Å². The van der Waals surface area contributed by atoms with Crippen LogP contribution in [0, 0.1) is 20.8 Å². The molecule has 0 radical (unpaired) electrons. The maximum absolute atomic E-state index is 11.9. The molecular formula is C16H26N2O2. The number of hydrogen-bond donors (Lipinski definition) is 2. The number of aryl methyl sites for hydroxylation is 3. The Hall–Kier alpha value is -1.55. The highest BCUT2D eigenvalue weighted by Gasteiger charge is 2.14. The summed E-state index contributed by atoms with van der Waals surface area (Å²) in [6, 6.07) is 4.03. The third-order valence-electron chi connectivity index (χ3n) is 3.74. The number of nitrogens with one attached hydrogen (secondary N) is 1. The molecule has 2 N–H and O–H groups in total. The van der Waals surface area contributed by atoms with E-state index in [0.717, 1.165) is 6.42 Å². The van der Waals surface area contributed by atoms with Crippen molar-refractivity contribution in [2.75, 3.05) is 20.2 Å². The fraction of sp³-hybridized carbons (Fsp3) is 0.562. The fourth-order valence-electron chi connectivity index (χ4n) is 2.35. The first-order valence-electron chi connectivity index (χ1n) is 7.05. The third-order valence-corrected chi connectivity index (χ3v) is 3.74. The van der Waals surface area contributed by atoms with Crippen molar-refractivity contribution in [3.63, 3.8) is 0 Å². The summed E-state index contributed by atoms with van der Waals surface area (Å²) in [5, 5.41) is 11.9. The average molecular weight is 278 g/mol. The Morgan fingerprint density at radius 1 is 1.30 bits per heavy atom. The second kappa shape index (κ2) is 7.29. The quantitative estimate of drug-likeness (QED) is 0.867. The van der Waals surface area contributed by atoms with Gasteiger partial charge in [0.2, 0.25) is 0 Å². The first-order chi connectivity index (χ1) is 9.36. The van der Waals surface area contributed by atoms with Crippen LogP contribution in [-0.2, 0) is 6.42 Å². The van der Waals surface area contributed by atoms with Crippen LogP contribution >= 0.6 is 0 Å². The molecule has 0 aliphatic heterocycles. The average Bonchev–Trinajstić information content (AvgIpc) is 2.39. The number of nitrogens with zero attached hydrogens (tertiary/aromatic N) is 1. The van der Waals surface area contributed by atoms with E-state index in [1.807, 2.05) is 6.92 Å². The summed E-state index contributed by atoms with van der Waals surface area (Å²) < 4.78 is 0. The number of likely N-dealkylation sites (N-methyl/N-ethyl adjacent to an activating group) is 1. The van der Waals surface area contributed by atoms with Gasteiger partial charge in [0.25, 0.3) is 0 Å². The number of hydrogen-bond acceptors (Lipinski definition) is 2. The van der Waals surface area contributed by atoms with Crippen molar-refractivity contribution in [3.8, 4) is 0 Å². The first-order valence-corrected chi connectivity index (χ1v) is 7.05. The van der Waals surface area contributed by atoms with Crippen LogP contribution in [0.5, 0.6) is 0 Å². The number of carbonyl (C=O) groups is 1. The van der Waals surface area contributed by atoms with Gasteiger partial charge in [-0.05, 0) is 50.8 Å². The van der Waals surface area contributed by atoms with Crippen molar-refractivity contribution in [1.82, 2.24) is 10.2 Å². The van der Waals surface area contributed by atoms with Crippen LogP contribution in [0.25, 0.3) is 0 Å². The minimum Gasteiger partial charge on any atom is -0.394 e. The van der Waals surface area contributed by atoms with Crippen LogP contribution in [0.3, 0.4) is 0 Å². The molecule has 0 aliphatic carbocycles. The maximum Gasteiger partial charge on any atom is 0.317 e. The minimum atomic E-state index is -0.169. The zero-order valence-electron chi connectivity index (χ0n) is 13.2. The van der Waals surface area contributed by atoms with E-state index in [9.17, 15) is 4.79 Å². The standard InChI is InChI=1S/C16H26N2O2/c1-11-8-12(2)15(13(3)9-11)6-7-17-16(20)18(5)14(4)10-19/h8-9,14,19H,6-7,10H2,1-5H3,(H,17,20). The molecule has 4 heteroatoms. The molecule has 0 fully saturated rings. The molecule has 0 spiro atoms. The second-order valence-corrected chi connectivity index (χ2v) is 5.50. The van der Waals surface area contributed by atoms with Crippen molar-refractivity contribution in [1.29, 1.82) is 0 Å². The molecule has 0 saturated heterocycles. The molecule has 0 heterocycles. The van der Waals surface area contributed by atoms with Gasteiger partial charge in [-0.2, -0.15) is 0 Å². The van der Waals surface area contributed by atoms with E-state index >= 15 is 0 Å². The lowest BCUT2D eigenvalue weighted by atomic mass is 9.97. The van der Waals surface area contributed by atoms with Crippen LogP contribution < -0.4 is 5.32 Å². The van der Waals surface area contributed by atoms with Crippen LogP contribution in [0.1, 0.15) is 29.2 Å². The summed E-state index contributed by atoms with van der Waals surface area (Å²) in [7, 11) is 1.69. The molecule has 0 aliphatic rings. The molecule has 2 amide bonds. The Morgan fingerprint density at radius 2 is 1.85 bits per heavy atom. The highest BCUT2D eigenvalue weighted by molar-refractivity contribution is 5.74. The van der Waals surface area contributed by atoms with Crippen molar-refractivity contribution >= 4 is 6.03 Å². The smallest absolute Gasteiger partial charge is 0.317 e. The molecule has 1 aromatic carbocycles. The normalized spacial score (nSPS) is 12.1. The van der Waals surface area contributed by atoms with E-state index in [1.54, 1.807) is 7.05 Å². The summed E-state index contributed by atoms with van der Waals surface area (Å²) in [6.45, 7) is 8.70. The topological polar surface area (TPSA) is 52.6 Å². The van der Waals surface area contributed by atoms with Crippen molar-refractivity contribution in [2.24, 2.45) is 0 Å². The van der Waals surface area contributed by atoms with Gasteiger partial charge in [-0.1, -0.05) is 17.7 Å². The minimum absolute atomic E-state index is 0.0277. The number of rotatable bonds is 5. The van der Waals surface area contributed by atoms with E-state index < -0.39 is 0 Å². The Kier molecular flexibility index (Phi) is 6.02. The summed E-state index contributed by atoms with van der Waals surface area (Å²) in [6.07, 6.45) is 0.824. The number of aliphatic hydroxyl groups is 1. The first kappa shape index (κ1) is 16.5. The lowest BCUT2D eigenvalue weighted by Crippen LogP contribution is -2.44. The Morgan fingerprint density at radius 3 is 2.35 bits per heavy atom. The molecule has 1 rings (SSSR count). The SMILES string of the molecule is Cc1cc(C)c(CCNC(=O)N(C)C(C)CO)c(C)c1. The second-order valence-electron chi connectivity index (χ2n) is 5.50. The van der Waals surface area contributed by atoms with Crippen LogP contribution in [0.2, 0.25) is 0 Å². The third kappa shape index (κ3) is 4.23. The Bertz CT molecular complexity index is 449. The van der Waals surface area contributed by atoms with E-state index in [-0.39, 0.29) is 18.7 Å². The largest absolute Gasteiger partial charge is 0.394 e. The maximum atomic E-state index is 11.9. The predicted molar refractivity (Wildman–Crippen MR) is 82.1 cm³/mol. The monoisotopic (exact) mass is 278 g/mol. The summed E-state index contributed by atoms with van der Waals surface area (Å²) in [5.41, 5.74) is 5.11. The lowest BCUT2D eigenvalue weighted by molar-refractivity contribution is 0.157. The predicted octanol–water partition coefficient (Wildman–Crippen LogP) is 2.18. The van der Waals surface area contributed by atoms with Gasteiger partial charge in [-0.3, -0.25) is 0 Å². The van der Waals surface area contributed by atoms with E-state index in [1.165, 1.54) is 27.2 Å². The number of carbonyl (C=O) groups excluding carboxylic acids is 1. The summed E-state index contributed by atoms with van der Waals surface area (Å²) in [4.78, 5) is 13.4. The van der Waals surface area contributed by atoms with Gasteiger partial charge in [0, 0.05) is 13.6 Å². The van der Waals surface area contributed by atoms with Gasteiger partial charge in [-0.15, -0.1) is 0 Å². The van der Waals surface area contributed by atoms with Crippen LogP contribution in [-0.4, -0.2) is 42.3 Å². The molecule has 20 heavy (non-hydrogen) atoms. The number of urea groups is 1. The number of aliphatic hydroxyl groups excluding tert-OH is 1. The Labute approximate surface area is 121 Å². The molecule has 0 saturated carbocycles. The van der Waals surface area contributed by atoms with Gasteiger partial charge >= 0.3 is 6.03 Å². The van der Waals surface area contributed by atoms with Gasteiger partial charge in [0.15, 0.2) is 0 Å². The molecule has 4 nitrogen and oxygen atoms in total. The number of amides is 2. The molecule has 1 atom stereocenters. The van der Waals surface area contributed by atoms with Crippen molar-refractivity contribution < 1.29 is 9.90 Å². The van der Waals surface area contributed by atoms with Gasteiger partial charge < -0.3 is 15.3 Å². The van der Waals surface area contributed by atoms with Crippen molar-refractivity contribution in [2.45, 2.75) is 40.2 Å². The zero-order valence-corrected chi connectivity index (χ0v) is 13.2. The molecule has 0 bridgehead atoms. The van der Waals surface area contributed by atoms with E-state index in [0.29, 0.717) is 6.54 Å². The lowest BCUT2D eigenvalue weighted by Gasteiger charge is -2.23. The molecule has 112 valence electrons. The zero-order chi connectivity index (χ0) is 15.3. The van der Waals surface area contributed by atoms with Crippen LogP contribution in [0.15, 0.2) is 12.1 Å². The highest BCUT2D eigenvalue weighted by Crippen LogP contribution is 2.16. The van der Waals surface area contributed by atoms with Crippen LogP contribution in [0.4, 0.5) is 4.79 Å². The number of benzene rings is 1. The fourth-order valence-corrected chi connectivity index (χ4v) is 2.35. The molecule has 1 aromatic rings. The molecule has 1 unspecified atom stereocenters. The van der Waals surface area contributed by atoms with E-state index in [4.69, 9.17) is 5.11 Å². The van der Waals surface area contributed by atoms with Gasteiger partial charge in [-0.25, -0.2) is 4.79 Å². The van der Waals surface area contributed by atoms with Gasteiger partial charge in [0.05, 0.1) is 12.6 Å². The molecule has 0 aromatic heterocycles. The van der Waals surface area contributed by atoms with E-state index in [2.05, 4.69) is 38.2 Å². The summed E-state index contributed by atoms with van der Waals surface area (Å²) in [5.74, 6) is 0. The highest BCUT2D eigenvalue weighted by atomic mass is 16.3. The summed E-state index contributed by atoms with van der Waals surface area (Å²) >= 11 is 0. The molecular weight excluding hydrogens is 252 g/mol. The Balaban J connectivity index is 2.55. The van der Waals surface area contributed by atoms with Gasteiger partial charge in [0.1, 0.15) is 0 Å².